The molecule has 6 atom stereocenters. The number of alkyl halides is 3. The summed E-state index contributed by atoms with van der Waals surface area (Å²) >= 11 is 0. The van der Waals surface area contributed by atoms with Crippen LogP contribution in [0.25, 0.3) is 0 Å². The first-order chi connectivity index (χ1) is 10.6. The largest absolute Gasteiger partial charge is 0.522 e. The second kappa shape index (κ2) is 5.40. The van der Waals surface area contributed by atoms with Gasteiger partial charge in [-0.15, -0.1) is 13.2 Å². The van der Waals surface area contributed by atoms with Crippen molar-refractivity contribution < 1.29 is 36.9 Å². The molecule has 0 aromatic heterocycles. The van der Waals surface area contributed by atoms with Crippen LogP contribution < -0.4 is 0 Å². The van der Waals surface area contributed by atoms with Crippen LogP contribution in [0, 0.1) is 11.8 Å². The van der Waals surface area contributed by atoms with Crippen molar-refractivity contribution in [3.05, 3.63) is 0 Å². The number of Topliss-reactive ketones (excluding diaryl/α,β-unsaturated/α-hetero) is 1. The predicted octanol–water partition coefficient (Wildman–Crippen LogP) is 2.08. The monoisotopic (exact) mass is 338 g/mol. The summed E-state index contributed by atoms with van der Waals surface area (Å²) in [4.78, 5) is 12.4. The number of methoxy groups -OCH3 is 1. The minimum Gasteiger partial charge on any atom is -0.373 e. The maximum absolute atomic E-state index is 12.4. The van der Waals surface area contributed by atoms with Gasteiger partial charge in [-0.05, 0) is 13.3 Å². The van der Waals surface area contributed by atoms with Gasteiger partial charge in [0, 0.05) is 19.4 Å². The first-order valence-corrected chi connectivity index (χ1v) is 7.72. The first kappa shape index (κ1) is 17.1. The van der Waals surface area contributed by atoms with E-state index in [0.29, 0.717) is 13.0 Å². The Hall–Kier alpha value is -0.700. The smallest absolute Gasteiger partial charge is 0.373 e. The Morgan fingerprint density at radius 1 is 1.39 bits per heavy atom. The summed E-state index contributed by atoms with van der Waals surface area (Å²) in [7, 11) is 1.47. The Kier molecular flexibility index (Phi) is 4.03. The molecule has 8 heteroatoms. The minimum absolute atomic E-state index is 0.000594. The standard InChI is InChI=1S/C15H21F3O5/c1-8-6-14(7-22-14)12(11(20-3)10(8)19)13(2)9(23-13)4-5-21-15(16,17)18/h8-9,11-12H,4-7H2,1-3H3/t8-,9+,11+,12+,13?,14-/m0/s1. The van der Waals surface area contributed by atoms with Crippen LogP contribution in [-0.4, -0.2) is 55.9 Å². The van der Waals surface area contributed by atoms with E-state index in [1.165, 1.54) is 7.11 Å². The number of carbonyl (C=O) groups excluding carboxylic acids is 1. The second-order valence-corrected chi connectivity index (χ2v) is 6.87. The average molecular weight is 338 g/mol. The third-order valence-corrected chi connectivity index (χ3v) is 5.30. The molecule has 3 rings (SSSR count). The summed E-state index contributed by atoms with van der Waals surface area (Å²) in [5, 5.41) is 0. The van der Waals surface area contributed by atoms with Gasteiger partial charge in [-0.3, -0.25) is 9.53 Å². The lowest BCUT2D eigenvalue weighted by molar-refractivity contribution is -0.324. The molecule has 2 aliphatic heterocycles. The molecule has 3 fully saturated rings. The van der Waals surface area contributed by atoms with Crippen LogP contribution in [0.2, 0.25) is 0 Å². The molecule has 0 N–H and O–H groups in total. The van der Waals surface area contributed by atoms with Gasteiger partial charge in [0.1, 0.15) is 17.3 Å². The maximum Gasteiger partial charge on any atom is 0.522 e. The quantitative estimate of drug-likeness (QED) is 0.718. The normalized spacial score (nSPS) is 46.3. The molecule has 132 valence electrons. The summed E-state index contributed by atoms with van der Waals surface area (Å²) in [6.07, 6.45) is -4.98. The van der Waals surface area contributed by atoms with Crippen LogP contribution in [0.1, 0.15) is 26.7 Å². The molecular weight excluding hydrogens is 317 g/mol. The summed E-state index contributed by atoms with van der Waals surface area (Å²) in [5.74, 6) is -0.465. The number of epoxide rings is 2. The molecule has 0 aromatic rings. The Balaban J connectivity index is 1.69. The van der Waals surface area contributed by atoms with Gasteiger partial charge in [0.05, 0.1) is 25.2 Å². The average Bonchev–Trinajstić information content (AvgIpc) is 3.32. The van der Waals surface area contributed by atoms with E-state index in [-0.39, 0.29) is 24.0 Å². The molecule has 23 heavy (non-hydrogen) atoms. The van der Waals surface area contributed by atoms with Crippen molar-refractivity contribution in [2.45, 2.75) is 56.5 Å². The lowest BCUT2D eigenvalue weighted by atomic mass is 9.66. The van der Waals surface area contributed by atoms with Gasteiger partial charge < -0.3 is 14.2 Å². The summed E-state index contributed by atoms with van der Waals surface area (Å²) in [5.41, 5.74) is -1.18. The van der Waals surface area contributed by atoms with E-state index in [0.717, 1.165) is 0 Å². The van der Waals surface area contributed by atoms with Gasteiger partial charge in [-0.1, -0.05) is 6.92 Å². The molecule has 0 bridgehead atoms. The minimum atomic E-state index is -4.64. The van der Waals surface area contributed by atoms with E-state index in [1.807, 2.05) is 13.8 Å². The SMILES string of the molecule is CO[C@@H]1C(=O)[C@@H](C)C[C@]2(CO2)[C@H]1C1(C)O[C@@H]1CCOC(F)(F)F. The van der Waals surface area contributed by atoms with Crippen LogP contribution in [0.5, 0.6) is 0 Å². The Labute approximate surface area is 132 Å². The Bertz CT molecular complexity index is 490. The zero-order chi connectivity index (χ0) is 17.0. The highest BCUT2D eigenvalue weighted by Crippen LogP contribution is 2.59. The summed E-state index contributed by atoms with van der Waals surface area (Å²) in [6, 6.07) is 0. The van der Waals surface area contributed by atoms with Crippen LogP contribution in [-0.2, 0) is 23.7 Å². The zero-order valence-corrected chi connectivity index (χ0v) is 13.3. The van der Waals surface area contributed by atoms with Crippen LogP contribution in [0.4, 0.5) is 13.2 Å². The first-order valence-electron chi connectivity index (χ1n) is 7.72. The third kappa shape index (κ3) is 3.01. The molecule has 5 nitrogen and oxygen atoms in total. The molecule has 2 heterocycles. The highest BCUT2D eigenvalue weighted by molar-refractivity contribution is 5.87. The van der Waals surface area contributed by atoms with E-state index in [2.05, 4.69) is 4.74 Å². The highest BCUT2D eigenvalue weighted by atomic mass is 19.4. The zero-order valence-electron chi connectivity index (χ0n) is 13.3. The van der Waals surface area contributed by atoms with Crippen LogP contribution >= 0.6 is 0 Å². The van der Waals surface area contributed by atoms with Crippen LogP contribution in [0.15, 0.2) is 0 Å². The molecule has 1 spiro atoms. The molecule has 1 aliphatic carbocycles. The molecule has 0 aromatic carbocycles. The van der Waals surface area contributed by atoms with Crippen molar-refractivity contribution in [2.24, 2.45) is 11.8 Å². The van der Waals surface area contributed by atoms with Crippen molar-refractivity contribution in [3.63, 3.8) is 0 Å². The van der Waals surface area contributed by atoms with Gasteiger partial charge >= 0.3 is 6.36 Å². The number of halogens is 3. The number of ketones is 1. The number of ether oxygens (including phenoxy) is 4. The fourth-order valence-electron chi connectivity index (χ4n) is 4.10. The van der Waals surface area contributed by atoms with Crippen molar-refractivity contribution >= 4 is 5.78 Å². The molecule has 1 saturated carbocycles. The fourth-order valence-corrected chi connectivity index (χ4v) is 4.10. The molecule has 0 radical (unpaired) electrons. The van der Waals surface area contributed by atoms with Crippen molar-refractivity contribution in [3.8, 4) is 0 Å². The second-order valence-electron chi connectivity index (χ2n) is 6.87. The Morgan fingerprint density at radius 3 is 2.57 bits per heavy atom. The van der Waals surface area contributed by atoms with Gasteiger partial charge in [0.15, 0.2) is 5.78 Å². The van der Waals surface area contributed by atoms with Gasteiger partial charge in [-0.25, -0.2) is 0 Å². The van der Waals surface area contributed by atoms with Gasteiger partial charge in [0.2, 0.25) is 0 Å². The van der Waals surface area contributed by atoms with E-state index in [4.69, 9.17) is 14.2 Å². The number of rotatable bonds is 5. The summed E-state index contributed by atoms with van der Waals surface area (Å²) < 4.78 is 56.8. The Morgan fingerprint density at radius 2 is 2.04 bits per heavy atom. The van der Waals surface area contributed by atoms with Gasteiger partial charge in [-0.2, -0.15) is 0 Å². The van der Waals surface area contributed by atoms with E-state index in [1.54, 1.807) is 0 Å². The number of carbonyl (C=O) groups is 1. The lowest BCUT2D eigenvalue weighted by Gasteiger charge is -2.40. The third-order valence-electron chi connectivity index (χ3n) is 5.30. The molecule has 1 unspecified atom stereocenters. The van der Waals surface area contributed by atoms with Crippen molar-refractivity contribution in [1.29, 1.82) is 0 Å². The van der Waals surface area contributed by atoms with E-state index in [9.17, 15) is 18.0 Å². The van der Waals surface area contributed by atoms with Gasteiger partial charge in [0.25, 0.3) is 0 Å². The fraction of sp³-hybridized carbons (Fsp3) is 0.933. The molecule has 3 aliphatic rings. The predicted molar refractivity (Wildman–Crippen MR) is 71.7 cm³/mol. The number of hydrogen-bond donors (Lipinski definition) is 0. The molecule has 0 amide bonds. The van der Waals surface area contributed by atoms with Crippen molar-refractivity contribution in [2.75, 3.05) is 20.3 Å². The summed E-state index contributed by atoms with van der Waals surface area (Å²) in [6.45, 7) is 3.72. The van der Waals surface area contributed by atoms with Crippen molar-refractivity contribution in [1.82, 2.24) is 0 Å². The highest BCUT2D eigenvalue weighted by Gasteiger charge is 2.72. The number of hydrogen-bond acceptors (Lipinski definition) is 5. The van der Waals surface area contributed by atoms with Crippen LogP contribution in [0.3, 0.4) is 0 Å². The molecular formula is C15H21F3O5. The lowest BCUT2D eigenvalue weighted by Crippen LogP contribution is -2.55. The topological polar surface area (TPSA) is 60.6 Å². The van der Waals surface area contributed by atoms with E-state index >= 15 is 0 Å². The van der Waals surface area contributed by atoms with E-state index < -0.39 is 36.4 Å². The maximum atomic E-state index is 12.4. The molecule has 2 saturated heterocycles.